The van der Waals surface area contributed by atoms with Crippen molar-refractivity contribution in [3.8, 4) is 11.4 Å². The SMILES string of the molecule is CC1(C)C[C@H]2C[C@@](C)(CN2S(=O)(=O)c2ccc(C(=O)Nc3cccc(-c4nc5ccccc5[nH]4)c3)cc2)C1. The fourth-order valence-corrected chi connectivity index (χ4v) is 8.41. The summed E-state index contributed by atoms with van der Waals surface area (Å²) in [5, 5.41) is 2.92. The minimum Gasteiger partial charge on any atom is -0.338 e. The Morgan fingerprint density at radius 3 is 2.53 bits per heavy atom. The molecule has 1 aliphatic carbocycles. The molecule has 1 saturated carbocycles. The average molecular weight is 529 g/mol. The van der Waals surface area contributed by atoms with Gasteiger partial charge in [-0.25, -0.2) is 13.4 Å². The third-order valence-corrected chi connectivity index (χ3v) is 9.79. The van der Waals surface area contributed by atoms with Gasteiger partial charge in [-0.2, -0.15) is 4.31 Å². The van der Waals surface area contributed by atoms with Gasteiger partial charge >= 0.3 is 0 Å². The normalized spacial score (nSPS) is 23.0. The van der Waals surface area contributed by atoms with Gasteiger partial charge in [0.25, 0.3) is 5.91 Å². The molecule has 1 saturated heterocycles. The van der Waals surface area contributed by atoms with E-state index in [-0.39, 0.29) is 27.7 Å². The van der Waals surface area contributed by atoms with E-state index in [2.05, 4.69) is 36.1 Å². The van der Waals surface area contributed by atoms with E-state index in [4.69, 9.17) is 0 Å². The fraction of sp³-hybridized carbons (Fsp3) is 0.333. The van der Waals surface area contributed by atoms with E-state index in [1.54, 1.807) is 28.6 Å². The maximum absolute atomic E-state index is 13.6. The third kappa shape index (κ3) is 4.52. The molecule has 0 radical (unpaired) electrons. The highest BCUT2D eigenvalue weighted by Gasteiger charge is 2.53. The number of hydrogen-bond donors (Lipinski definition) is 2. The van der Waals surface area contributed by atoms with E-state index in [1.807, 2.05) is 48.5 Å². The molecule has 1 aliphatic heterocycles. The van der Waals surface area contributed by atoms with Gasteiger partial charge in [0, 0.05) is 29.4 Å². The number of fused-ring (bicyclic) bond motifs is 3. The topological polar surface area (TPSA) is 95.2 Å². The van der Waals surface area contributed by atoms with Gasteiger partial charge in [-0.1, -0.05) is 45.0 Å². The highest BCUT2D eigenvalue weighted by Crippen LogP contribution is 2.53. The molecule has 2 bridgehead atoms. The van der Waals surface area contributed by atoms with Gasteiger partial charge < -0.3 is 10.3 Å². The number of imidazole rings is 1. The van der Waals surface area contributed by atoms with Gasteiger partial charge in [0.1, 0.15) is 5.82 Å². The zero-order chi connectivity index (χ0) is 26.7. The van der Waals surface area contributed by atoms with Crippen LogP contribution in [0.1, 0.15) is 50.4 Å². The van der Waals surface area contributed by atoms with Crippen molar-refractivity contribution in [2.24, 2.45) is 10.8 Å². The predicted molar refractivity (Wildman–Crippen MR) is 149 cm³/mol. The number of sulfonamides is 1. The van der Waals surface area contributed by atoms with E-state index in [9.17, 15) is 13.2 Å². The molecule has 2 atom stereocenters. The Hall–Kier alpha value is -3.49. The molecule has 6 rings (SSSR count). The molecular weight excluding hydrogens is 496 g/mol. The second-order valence-electron chi connectivity index (χ2n) is 11.9. The Morgan fingerprint density at radius 2 is 1.76 bits per heavy atom. The predicted octanol–water partition coefficient (Wildman–Crippen LogP) is 6.07. The Morgan fingerprint density at radius 1 is 1.00 bits per heavy atom. The van der Waals surface area contributed by atoms with Crippen LogP contribution in [0.3, 0.4) is 0 Å². The number of aromatic nitrogens is 2. The van der Waals surface area contributed by atoms with Crippen LogP contribution in [0.4, 0.5) is 5.69 Å². The molecule has 2 N–H and O–H groups in total. The van der Waals surface area contributed by atoms with Crippen LogP contribution in [0.2, 0.25) is 0 Å². The Bertz CT molecular complexity index is 1610. The zero-order valence-electron chi connectivity index (χ0n) is 21.9. The molecule has 4 aromatic rings. The minimum absolute atomic E-state index is 0.0101. The zero-order valence-corrected chi connectivity index (χ0v) is 22.7. The van der Waals surface area contributed by atoms with Crippen molar-refractivity contribution in [2.75, 3.05) is 11.9 Å². The highest BCUT2D eigenvalue weighted by atomic mass is 32.2. The van der Waals surface area contributed by atoms with E-state index in [0.29, 0.717) is 17.8 Å². The van der Waals surface area contributed by atoms with Crippen molar-refractivity contribution >= 4 is 32.7 Å². The van der Waals surface area contributed by atoms with Crippen LogP contribution in [-0.2, 0) is 10.0 Å². The van der Waals surface area contributed by atoms with Crippen LogP contribution >= 0.6 is 0 Å². The summed E-state index contributed by atoms with van der Waals surface area (Å²) >= 11 is 0. The van der Waals surface area contributed by atoms with Crippen molar-refractivity contribution in [2.45, 2.75) is 51.0 Å². The van der Waals surface area contributed by atoms with Crippen molar-refractivity contribution in [3.05, 3.63) is 78.4 Å². The van der Waals surface area contributed by atoms with Crippen LogP contribution in [0.25, 0.3) is 22.4 Å². The summed E-state index contributed by atoms with van der Waals surface area (Å²) < 4.78 is 28.8. The summed E-state index contributed by atoms with van der Waals surface area (Å²) in [6, 6.07) is 21.6. The lowest BCUT2D eigenvalue weighted by Crippen LogP contribution is -2.37. The first-order chi connectivity index (χ1) is 18.0. The number of nitrogens with zero attached hydrogens (tertiary/aromatic N) is 2. The first kappa shape index (κ1) is 24.8. The van der Waals surface area contributed by atoms with Gasteiger partial charge in [0.05, 0.1) is 15.9 Å². The van der Waals surface area contributed by atoms with Crippen molar-refractivity contribution in [3.63, 3.8) is 0 Å². The van der Waals surface area contributed by atoms with Crippen molar-refractivity contribution in [1.29, 1.82) is 0 Å². The van der Waals surface area contributed by atoms with Gasteiger partial charge in [0.15, 0.2) is 0 Å². The number of para-hydroxylation sites is 2. The largest absolute Gasteiger partial charge is 0.338 e. The summed E-state index contributed by atoms with van der Waals surface area (Å²) in [4.78, 5) is 21.2. The van der Waals surface area contributed by atoms with Crippen molar-refractivity contribution in [1.82, 2.24) is 14.3 Å². The Balaban J connectivity index is 1.18. The molecule has 2 heterocycles. The number of H-pyrrole nitrogens is 1. The summed E-state index contributed by atoms with van der Waals surface area (Å²) in [7, 11) is -3.64. The van der Waals surface area contributed by atoms with E-state index in [0.717, 1.165) is 41.7 Å². The maximum atomic E-state index is 13.6. The number of hydrogen-bond acceptors (Lipinski definition) is 4. The first-order valence-electron chi connectivity index (χ1n) is 13.0. The van der Waals surface area contributed by atoms with Crippen LogP contribution in [0.15, 0.2) is 77.7 Å². The standard InChI is InChI=1S/C30H32N4O3S/c1-29(2)16-23-17-30(3,18-29)19-34(23)38(36,37)24-13-11-20(12-14-24)28(35)31-22-8-6-7-21(15-22)27-32-25-9-4-5-10-26(25)33-27/h4-15,23H,16-19H2,1-3H3,(H,31,35)(H,32,33)/t23-,30+/m0/s1. The molecule has 0 unspecified atom stereocenters. The molecule has 3 aromatic carbocycles. The fourth-order valence-electron chi connectivity index (χ4n) is 6.64. The molecule has 2 aliphatic rings. The van der Waals surface area contributed by atoms with Gasteiger partial charge in [-0.15, -0.1) is 0 Å². The Labute approximate surface area is 223 Å². The number of aromatic amines is 1. The highest BCUT2D eigenvalue weighted by molar-refractivity contribution is 7.89. The summed E-state index contributed by atoms with van der Waals surface area (Å²) in [5.41, 5.74) is 3.84. The minimum atomic E-state index is -3.64. The van der Waals surface area contributed by atoms with Crippen LogP contribution in [0.5, 0.6) is 0 Å². The number of nitrogens with one attached hydrogen (secondary N) is 2. The quantitative estimate of drug-likeness (QED) is 0.329. The lowest BCUT2D eigenvalue weighted by Gasteiger charge is -2.39. The smallest absolute Gasteiger partial charge is 0.255 e. The average Bonchev–Trinajstić information content (AvgIpc) is 3.42. The Kier molecular flexibility index (Phi) is 5.74. The number of benzene rings is 3. The monoisotopic (exact) mass is 528 g/mol. The molecule has 2 fully saturated rings. The first-order valence-corrected chi connectivity index (χ1v) is 14.4. The second-order valence-corrected chi connectivity index (χ2v) is 13.8. The molecule has 196 valence electrons. The van der Waals surface area contributed by atoms with Crippen LogP contribution in [0, 0.1) is 10.8 Å². The summed E-state index contributed by atoms with van der Waals surface area (Å²) in [6.07, 6.45) is 2.80. The van der Waals surface area contributed by atoms with Crippen LogP contribution in [-0.4, -0.2) is 41.2 Å². The molecular formula is C30H32N4O3S. The lowest BCUT2D eigenvalue weighted by molar-refractivity contribution is 0.102. The molecule has 8 heteroatoms. The van der Waals surface area contributed by atoms with Gasteiger partial charge in [-0.3, -0.25) is 4.79 Å². The lowest BCUT2D eigenvalue weighted by atomic mass is 9.65. The molecule has 1 aromatic heterocycles. The molecule has 7 nitrogen and oxygen atoms in total. The van der Waals surface area contributed by atoms with Crippen LogP contribution < -0.4 is 5.32 Å². The third-order valence-electron chi connectivity index (χ3n) is 7.87. The number of carbonyl (C=O) groups is 1. The van der Waals surface area contributed by atoms with E-state index in [1.165, 1.54) is 0 Å². The summed E-state index contributed by atoms with van der Waals surface area (Å²) in [5.74, 6) is 0.419. The number of carbonyl (C=O) groups excluding carboxylic acids is 1. The number of anilines is 1. The maximum Gasteiger partial charge on any atom is 0.255 e. The molecule has 1 amide bonds. The number of amides is 1. The molecule has 38 heavy (non-hydrogen) atoms. The van der Waals surface area contributed by atoms with Gasteiger partial charge in [0.2, 0.25) is 10.0 Å². The van der Waals surface area contributed by atoms with Gasteiger partial charge in [-0.05, 0) is 78.6 Å². The number of rotatable bonds is 5. The molecule has 0 spiro atoms. The summed E-state index contributed by atoms with van der Waals surface area (Å²) in [6.45, 7) is 7.21. The van der Waals surface area contributed by atoms with E-state index < -0.39 is 10.0 Å². The van der Waals surface area contributed by atoms with E-state index >= 15 is 0 Å². The van der Waals surface area contributed by atoms with Crippen molar-refractivity contribution < 1.29 is 13.2 Å². The second kappa shape index (κ2) is 8.78.